The molecule has 0 fully saturated rings. The molecule has 1 aromatic heterocycles. The Labute approximate surface area is 124 Å². The number of methoxy groups -OCH3 is 1. The highest BCUT2D eigenvalue weighted by atomic mass is 16.5. The third-order valence-corrected chi connectivity index (χ3v) is 2.68. The van der Waals surface area contributed by atoms with E-state index in [1.165, 1.54) is 11.1 Å². The summed E-state index contributed by atoms with van der Waals surface area (Å²) >= 11 is 0. The number of amides is 1. The van der Waals surface area contributed by atoms with Crippen molar-refractivity contribution in [2.45, 2.75) is 6.42 Å². The van der Waals surface area contributed by atoms with Gasteiger partial charge in [0.15, 0.2) is 0 Å². The summed E-state index contributed by atoms with van der Waals surface area (Å²) in [6, 6.07) is 1.65. The van der Waals surface area contributed by atoms with Gasteiger partial charge in [-0.05, 0) is 6.07 Å². The summed E-state index contributed by atoms with van der Waals surface area (Å²) < 4.78 is 4.96. The highest BCUT2D eigenvalue weighted by Gasteiger charge is 2.15. The molecular weight excluding hydrogens is 272 g/mol. The van der Waals surface area contributed by atoms with Gasteiger partial charge in [-0.25, -0.2) is 0 Å². The number of carbonyl (C=O) groups excluding carboxylic acids is 1. The number of hydrogen-bond donors (Lipinski definition) is 2. The smallest absolute Gasteiger partial charge is 0.255 e. The number of aliphatic hydroxyl groups is 2. The lowest BCUT2D eigenvalue weighted by Gasteiger charge is -2.21. The Bertz CT molecular complexity index is 508. The van der Waals surface area contributed by atoms with Crippen LogP contribution in [0.5, 0.6) is 0 Å². The monoisotopic (exact) mass is 292 g/mol. The van der Waals surface area contributed by atoms with E-state index >= 15 is 0 Å². The molecule has 0 aliphatic heterocycles. The first-order valence-electron chi connectivity index (χ1n) is 6.66. The SMILES string of the molecule is COCCN(CCO)C(=O)c1cncc(C#CCCO)c1. The normalized spacial score (nSPS) is 9.86. The zero-order chi connectivity index (χ0) is 15.5. The first kappa shape index (κ1) is 17.1. The largest absolute Gasteiger partial charge is 0.395 e. The van der Waals surface area contributed by atoms with E-state index < -0.39 is 0 Å². The molecule has 1 rings (SSSR count). The van der Waals surface area contributed by atoms with Gasteiger partial charge in [-0.1, -0.05) is 11.8 Å². The molecule has 0 aromatic carbocycles. The van der Waals surface area contributed by atoms with Gasteiger partial charge in [0, 0.05) is 44.6 Å². The van der Waals surface area contributed by atoms with Crippen LogP contribution in [0.15, 0.2) is 18.5 Å². The van der Waals surface area contributed by atoms with Crippen molar-refractivity contribution in [3.05, 3.63) is 29.6 Å². The van der Waals surface area contributed by atoms with Crippen molar-refractivity contribution in [3.8, 4) is 11.8 Å². The Morgan fingerprint density at radius 2 is 2.14 bits per heavy atom. The molecule has 1 heterocycles. The van der Waals surface area contributed by atoms with E-state index in [4.69, 9.17) is 14.9 Å². The summed E-state index contributed by atoms with van der Waals surface area (Å²) in [7, 11) is 1.56. The van der Waals surface area contributed by atoms with Gasteiger partial charge in [0.25, 0.3) is 5.91 Å². The summed E-state index contributed by atoms with van der Waals surface area (Å²) in [5.74, 6) is 5.40. The molecule has 0 spiro atoms. The van der Waals surface area contributed by atoms with Crippen molar-refractivity contribution in [2.75, 3.05) is 40.0 Å². The van der Waals surface area contributed by atoms with Crippen LogP contribution < -0.4 is 0 Å². The second-order valence-electron chi connectivity index (χ2n) is 4.25. The quantitative estimate of drug-likeness (QED) is 0.686. The van der Waals surface area contributed by atoms with E-state index in [1.54, 1.807) is 19.4 Å². The topological polar surface area (TPSA) is 82.9 Å². The molecule has 21 heavy (non-hydrogen) atoms. The molecule has 0 atom stereocenters. The Hall–Kier alpha value is -1.94. The number of ether oxygens (including phenoxy) is 1. The number of hydrogen-bond acceptors (Lipinski definition) is 5. The first-order chi connectivity index (χ1) is 10.2. The maximum atomic E-state index is 12.4. The van der Waals surface area contributed by atoms with E-state index in [2.05, 4.69) is 16.8 Å². The zero-order valence-corrected chi connectivity index (χ0v) is 12.1. The molecule has 0 radical (unpaired) electrons. The number of carbonyl (C=O) groups is 1. The summed E-state index contributed by atoms with van der Waals surface area (Å²) in [4.78, 5) is 17.9. The van der Waals surface area contributed by atoms with E-state index in [0.717, 1.165) is 0 Å². The van der Waals surface area contributed by atoms with Crippen LogP contribution in [0.2, 0.25) is 0 Å². The van der Waals surface area contributed by atoms with E-state index in [0.29, 0.717) is 30.7 Å². The minimum absolute atomic E-state index is 0.000343. The summed E-state index contributed by atoms with van der Waals surface area (Å²) in [5, 5.41) is 17.7. The predicted octanol–water partition coefficient (Wildman–Crippen LogP) is -0.104. The van der Waals surface area contributed by atoms with Crippen LogP contribution in [-0.2, 0) is 4.74 Å². The number of rotatable bonds is 7. The molecule has 1 amide bonds. The van der Waals surface area contributed by atoms with Crippen molar-refractivity contribution < 1.29 is 19.7 Å². The molecule has 0 saturated heterocycles. The highest BCUT2D eigenvalue weighted by molar-refractivity contribution is 5.94. The lowest BCUT2D eigenvalue weighted by atomic mass is 10.2. The van der Waals surface area contributed by atoms with Gasteiger partial charge in [-0.2, -0.15) is 0 Å². The second kappa shape index (κ2) is 9.88. The summed E-state index contributed by atoms with van der Waals surface area (Å²) in [6.07, 6.45) is 3.41. The summed E-state index contributed by atoms with van der Waals surface area (Å²) in [5.41, 5.74) is 1.03. The zero-order valence-electron chi connectivity index (χ0n) is 12.1. The second-order valence-corrected chi connectivity index (χ2v) is 4.25. The average Bonchev–Trinajstić information content (AvgIpc) is 2.51. The molecule has 6 nitrogen and oxygen atoms in total. The fourth-order valence-corrected chi connectivity index (χ4v) is 1.67. The molecule has 114 valence electrons. The minimum Gasteiger partial charge on any atom is -0.395 e. The fraction of sp³-hybridized carbons (Fsp3) is 0.467. The van der Waals surface area contributed by atoms with Crippen molar-refractivity contribution in [1.29, 1.82) is 0 Å². The van der Waals surface area contributed by atoms with Crippen LogP contribution in [0.4, 0.5) is 0 Å². The Balaban J connectivity index is 2.84. The van der Waals surface area contributed by atoms with E-state index in [-0.39, 0.29) is 25.7 Å². The molecule has 0 bridgehead atoms. The predicted molar refractivity (Wildman–Crippen MR) is 77.7 cm³/mol. The molecular formula is C15H20N2O4. The van der Waals surface area contributed by atoms with Crippen molar-refractivity contribution in [1.82, 2.24) is 9.88 Å². The molecule has 0 saturated carbocycles. The number of aliphatic hydroxyl groups excluding tert-OH is 2. The molecule has 2 N–H and O–H groups in total. The molecule has 6 heteroatoms. The van der Waals surface area contributed by atoms with Gasteiger partial charge >= 0.3 is 0 Å². The Kier molecular flexibility index (Phi) is 8.05. The highest BCUT2D eigenvalue weighted by Crippen LogP contribution is 2.06. The molecule has 1 aromatic rings. The van der Waals surface area contributed by atoms with Crippen LogP contribution in [0.1, 0.15) is 22.3 Å². The Morgan fingerprint density at radius 3 is 2.81 bits per heavy atom. The van der Waals surface area contributed by atoms with Crippen molar-refractivity contribution in [3.63, 3.8) is 0 Å². The van der Waals surface area contributed by atoms with Crippen LogP contribution in [0.25, 0.3) is 0 Å². The van der Waals surface area contributed by atoms with E-state index in [9.17, 15) is 4.79 Å². The average molecular weight is 292 g/mol. The number of aromatic nitrogens is 1. The van der Waals surface area contributed by atoms with Crippen LogP contribution in [0, 0.1) is 11.8 Å². The molecule has 0 aliphatic carbocycles. The lowest BCUT2D eigenvalue weighted by Crippen LogP contribution is -2.36. The maximum absolute atomic E-state index is 12.4. The van der Waals surface area contributed by atoms with Crippen LogP contribution in [-0.4, -0.2) is 66.0 Å². The third kappa shape index (κ3) is 5.92. The van der Waals surface area contributed by atoms with Crippen molar-refractivity contribution in [2.24, 2.45) is 0 Å². The van der Waals surface area contributed by atoms with Crippen LogP contribution in [0.3, 0.4) is 0 Å². The first-order valence-corrected chi connectivity index (χ1v) is 6.66. The van der Waals surface area contributed by atoms with E-state index in [1.807, 2.05) is 0 Å². The molecule has 0 unspecified atom stereocenters. The summed E-state index contributed by atoms with van der Waals surface area (Å²) in [6.45, 7) is 0.924. The Morgan fingerprint density at radius 1 is 1.33 bits per heavy atom. The van der Waals surface area contributed by atoms with Gasteiger partial charge in [0.05, 0.1) is 25.4 Å². The van der Waals surface area contributed by atoms with Gasteiger partial charge in [-0.3, -0.25) is 9.78 Å². The lowest BCUT2D eigenvalue weighted by molar-refractivity contribution is 0.0656. The number of nitrogens with zero attached hydrogens (tertiary/aromatic N) is 2. The van der Waals surface area contributed by atoms with Crippen LogP contribution >= 0.6 is 0 Å². The molecule has 0 aliphatic rings. The minimum atomic E-state index is -0.223. The fourth-order valence-electron chi connectivity index (χ4n) is 1.67. The van der Waals surface area contributed by atoms with Gasteiger partial charge in [0.2, 0.25) is 0 Å². The van der Waals surface area contributed by atoms with Crippen molar-refractivity contribution >= 4 is 5.91 Å². The number of pyridine rings is 1. The van der Waals surface area contributed by atoms with Gasteiger partial charge < -0.3 is 19.8 Å². The standard InChI is InChI=1S/C15H20N2O4/c1-21-9-6-17(5-8-19)15(20)14-10-13(11-16-12-14)4-2-3-7-18/h10-12,18-19H,3,5-9H2,1H3. The van der Waals surface area contributed by atoms with Gasteiger partial charge in [0.1, 0.15) is 0 Å². The van der Waals surface area contributed by atoms with Gasteiger partial charge in [-0.15, -0.1) is 0 Å². The third-order valence-electron chi connectivity index (χ3n) is 2.68. The maximum Gasteiger partial charge on any atom is 0.255 e.